The molecule has 0 radical (unpaired) electrons. The van der Waals surface area contributed by atoms with Crippen LogP contribution in [0.2, 0.25) is 0 Å². The van der Waals surface area contributed by atoms with Crippen LogP contribution in [0, 0.1) is 18.6 Å². The Hall–Kier alpha value is -1.42. The van der Waals surface area contributed by atoms with Crippen LogP contribution in [0.5, 0.6) is 0 Å². The first-order valence-electron chi connectivity index (χ1n) is 5.24. The Morgan fingerprint density at radius 2 is 2.12 bits per heavy atom. The molecule has 1 aromatic heterocycles. The van der Waals surface area contributed by atoms with Crippen LogP contribution in [0.25, 0.3) is 0 Å². The summed E-state index contributed by atoms with van der Waals surface area (Å²) < 4.78 is 2.58. The maximum absolute atomic E-state index is 5.09. The molecule has 16 heavy (non-hydrogen) atoms. The molecule has 3 nitrogen and oxygen atoms in total. The fourth-order valence-electron chi connectivity index (χ4n) is 1.70. The number of benzene rings is 1. The van der Waals surface area contributed by atoms with E-state index in [0.29, 0.717) is 4.77 Å². The van der Waals surface area contributed by atoms with Crippen molar-refractivity contribution in [2.75, 3.05) is 0 Å². The highest BCUT2D eigenvalue weighted by molar-refractivity contribution is 7.71. The first-order chi connectivity index (χ1) is 7.58. The van der Waals surface area contributed by atoms with Crippen molar-refractivity contribution < 1.29 is 0 Å². The van der Waals surface area contributed by atoms with E-state index in [9.17, 15) is 0 Å². The maximum atomic E-state index is 5.09. The van der Waals surface area contributed by atoms with Gasteiger partial charge in [-0.15, -0.1) is 0 Å². The molecule has 0 bridgehead atoms. The van der Waals surface area contributed by atoms with E-state index in [1.165, 1.54) is 16.7 Å². The second-order valence-corrected chi connectivity index (χ2v) is 4.50. The molecular formula is C12H15N3S. The van der Waals surface area contributed by atoms with Crippen LogP contribution < -0.4 is 0 Å². The first-order valence-corrected chi connectivity index (χ1v) is 5.65. The van der Waals surface area contributed by atoms with Crippen LogP contribution in [-0.4, -0.2) is 14.8 Å². The molecule has 0 saturated heterocycles. The SMILES string of the molecule is Cc1ccc(C)c(Cc2n[nH]c(=S)n2C)c1. The lowest BCUT2D eigenvalue weighted by Gasteiger charge is -2.06. The van der Waals surface area contributed by atoms with Crippen LogP contribution in [-0.2, 0) is 13.5 Å². The van der Waals surface area contributed by atoms with E-state index in [-0.39, 0.29) is 0 Å². The van der Waals surface area contributed by atoms with E-state index in [1.54, 1.807) is 0 Å². The van der Waals surface area contributed by atoms with Crippen molar-refractivity contribution in [2.45, 2.75) is 20.3 Å². The number of aromatic nitrogens is 3. The molecule has 0 aliphatic carbocycles. The van der Waals surface area contributed by atoms with Gasteiger partial charge in [-0.05, 0) is 37.2 Å². The normalized spacial score (nSPS) is 10.7. The van der Waals surface area contributed by atoms with Crippen LogP contribution >= 0.6 is 12.2 Å². The van der Waals surface area contributed by atoms with Gasteiger partial charge in [0, 0.05) is 13.5 Å². The monoisotopic (exact) mass is 233 g/mol. The molecule has 1 heterocycles. The molecule has 4 heteroatoms. The molecule has 84 valence electrons. The third-order valence-corrected chi connectivity index (χ3v) is 3.19. The van der Waals surface area contributed by atoms with Gasteiger partial charge in [-0.25, -0.2) is 0 Å². The number of nitrogens with one attached hydrogen (secondary N) is 1. The largest absolute Gasteiger partial charge is 0.307 e. The van der Waals surface area contributed by atoms with Gasteiger partial charge in [0.05, 0.1) is 0 Å². The van der Waals surface area contributed by atoms with Crippen molar-refractivity contribution in [2.24, 2.45) is 7.05 Å². The summed E-state index contributed by atoms with van der Waals surface area (Å²) in [5.74, 6) is 0.971. The summed E-state index contributed by atoms with van der Waals surface area (Å²) in [6.07, 6.45) is 0.817. The van der Waals surface area contributed by atoms with E-state index in [0.717, 1.165) is 12.2 Å². The molecule has 0 aliphatic rings. The molecule has 0 aliphatic heterocycles. The number of rotatable bonds is 2. The quantitative estimate of drug-likeness (QED) is 0.809. The van der Waals surface area contributed by atoms with Gasteiger partial charge in [0.1, 0.15) is 5.82 Å². The third kappa shape index (κ3) is 2.07. The summed E-state index contributed by atoms with van der Waals surface area (Å²) in [5.41, 5.74) is 3.87. The van der Waals surface area contributed by atoms with Crippen LogP contribution in [0.1, 0.15) is 22.5 Å². The van der Waals surface area contributed by atoms with Crippen molar-refractivity contribution in [1.82, 2.24) is 14.8 Å². The topological polar surface area (TPSA) is 33.6 Å². The molecule has 0 fully saturated rings. The molecule has 1 aromatic carbocycles. The summed E-state index contributed by atoms with van der Waals surface area (Å²) >= 11 is 5.09. The lowest BCUT2D eigenvalue weighted by molar-refractivity contribution is 0.811. The molecular weight excluding hydrogens is 218 g/mol. The Kier molecular flexibility index (Phi) is 2.92. The van der Waals surface area contributed by atoms with E-state index in [2.05, 4.69) is 42.2 Å². The van der Waals surface area contributed by atoms with Crippen LogP contribution in [0.4, 0.5) is 0 Å². The second kappa shape index (κ2) is 4.22. The molecule has 0 atom stereocenters. The minimum atomic E-state index is 0.667. The zero-order valence-corrected chi connectivity index (χ0v) is 10.6. The number of H-pyrrole nitrogens is 1. The predicted molar refractivity (Wildman–Crippen MR) is 67.1 cm³/mol. The number of aromatic amines is 1. The number of aryl methyl sites for hydroxylation is 2. The average Bonchev–Trinajstić information content (AvgIpc) is 2.55. The van der Waals surface area contributed by atoms with Gasteiger partial charge in [0.25, 0.3) is 0 Å². The number of hydrogen-bond acceptors (Lipinski definition) is 2. The molecule has 0 saturated carbocycles. The summed E-state index contributed by atoms with van der Waals surface area (Å²) in [6, 6.07) is 6.47. The second-order valence-electron chi connectivity index (χ2n) is 4.11. The molecule has 2 aromatic rings. The van der Waals surface area contributed by atoms with Crippen molar-refractivity contribution >= 4 is 12.2 Å². The zero-order valence-electron chi connectivity index (χ0n) is 9.74. The van der Waals surface area contributed by atoms with E-state index in [4.69, 9.17) is 12.2 Å². The Balaban J connectivity index is 2.37. The van der Waals surface area contributed by atoms with E-state index in [1.807, 2.05) is 11.6 Å². The molecule has 0 spiro atoms. The molecule has 0 unspecified atom stereocenters. The summed E-state index contributed by atoms with van der Waals surface area (Å²) in [7, 11) is 1.94. The standard InChI is InChI=1S/C12H15N3S/c1-8-4-5-9(2)10(6-8)7-11-13-14-12(16)15(11)3/h4-6H,7H2,1-3H3,(H,14,16). The Bertz CT molecular complexity index is 566. The van der Waals surface area contributed by atoms with Gasteiger partial charge in [-0.1, -0.05) is 23.8 Å². The van der Waals surface area contributed by atoms with Crippen molar-refractivity contribution in [3.8, 4) is 0 Å². The van der Waals surface area contributed by atoms with Gasteiger partial charge in [0.15, 0.2) is 4.77 Å². The summed E-state index contributed by atoms with van der Waals surface area (Å²) in [5, 5.41) is 7.03. The van der Waals surface area contributed by atoms with Crippen LogP contribution in [0.3, 0.4) is 0 Å². The van der Waals surface area contributed by atoms with Gasteiger partial charge in [-0.3, -0.25) is 5.10 Å². The number of nitrogens with zero attached hydrogens (tertiary/aromatic N) is 2. The number of hydrogen-bond donors (Lipinski definition) is 1. The lowest BCUT2D eigenvalue weighted by Crippen LogP contribution is -2.01. The van der Waals surface area contributed by atoms with Gasteiger partial charge >= 0.3 is 0 Å². The molecule has 0 amide bonds. The summed E-state index contributed by atoms with van der Waals surface area (Å²) in [6.45, 7) is 4.22. The van der Waals surface area contributed by atoms with E-state index < -0.39 is 0 Å². The zero-order chi connectivity index (χ0) is 11.7. The fourth-order valence-corrected chi connectivity index (χ4v) is 1.85. The predicted octanol–water partition coefficient (Wildman–Crippen LogP) is 2.69. The Morgan fingerprint density at radius 3 is 2.75 bits per heavy atom. The van der Waals surface area contributed by atoms with Gasteiger partial charge < -0.3 is 4.57 Å². The lowest BCUT2D eigenvalue weighted by atomic mass is 10.0. The van der Waals surface area contributed by atoms with E-state index >= 15 is 0 Å². The molecule has 1 N–H and O–H groups in total. The highest BCUT2D eigenvalue weighted by Gasteiger charge is 2.06. The molecule has 2 rings (SSSR count). The van der Waals surface area contributed by atoms with Crippen molar-refractivity contribution in [3.05, 3.63) is 45.5 Å². The summed E-state index contributed by atoms with van der Waals surface area (Å²) in [4.78, 5) is 0. The average molecular weight is 233 g/mol. The maximum Gasteiger partial charge on any atom is 0.194 e. The smallest absolute Gasteiger partial charge is 0.194 e. The minimum absolute atomic E-state index is 0.667. The fraction of sp³-hybridized carbons (Fsp3) is 0.333. The minimum Gasteiger partial charge on any atom is -0.307 e. The van der Waals surface area contributed by atoms with Crippen molar-refractivity contribution in [3.63, 3.8) is 0 Å². The van der Waals surface area contributed by atoms with Gasteiger partial charge in [0.2, 0.25) is 0 Å². The third-order valence-electron chi connectivity index (χ3n) is 2.83. The Labute approximate surface area is 100 Å². The van der Waals surface area contributed by atoms with Crippen LogP contribution in [0.15, 0.2) is 18.2 Å². The highest BCUT2D eigenvalue weighted by Crippen LogP contribution is 2.14. The van der Waals surface area contributed by atoms with Gasteiger partial charge in [-0.2, -0.15) is 5.10 Å². The highest BCUT2D eigenvalue weighted by atomic mass is 32.1. The first kappa shape index (κ1) is 11.1. The Morgan fingerprint density at radius 1 is 1.38 bits per heavy atom. The van der Waals surface area contributed by atoms with Crippen molar-refractivity contribution in [1.29, 1.82) is 0 Å².